The Kier molecular flexibility index (Phi) is 4.12. The molecule has 7 heteroatoms. The summed E-state index contributed by atoms with van der Waals surface area (Å²) < 4.78 is 0. The van der Waals surface area contributed by atoms with Gasteiger partial charge in [0.05, 0.1) is 0 Å². The average molecular weight is 241 g/mol. The van der Waals surface area contributed by atoms with Crippen LogP contribution >= 0.6 is 11.8 Å². The lowest BCUT2D eigenvalue weighted by Gasteiger charge is -2.01. The summed E-state index contributed by atoms with van der Waals surface area (Å²) in [5.41, 5.74) is 5.74. The third kappa shape index (κ3) is 4.18. The Hall–Kier alpha value is -1.76. The van der Waals surface area contributed by atoms with E-state index in [1.54, 1.807) is 6.92 Å². The number of aromatic amines is 1. The normalized spacial score (nSPS) is 11.4. The first kappa shape index (κ1) is 12.3. The first-order valence-electron chi connectivity index (χ1n) is 4.37. The first-order valence-corrected chi connectivity index (χ1v) is 5.35. The number of carboxylic acids is 1. The van der Waals surface area contributed by atoms with Crippen molar-refractivity contribution in [3.05, 3.63) is 28.1 Å². The van der Waals surface area contributed by atoms with Gasteiger partial charge in [-0.25, -0.2) is 9.78 Å². The van der Waals surface area contributed by atoms with E-state index in [2.05, 4.69) is 9.97 Å². The van der Waals surface area contributed by atoms with E-state index in [4.69, 9.17) is 10.8 Å². The molecule has 1 aromatic heterocycles. The number of hydrogen-bond donors (Lipinski definition) is 3. The Morgan fingerprint density at radius 2 is 2.44 bits per heavy atom. The Bertz CT molecular complexity index is 481. The molecule has 4 N–H and O–H groups in total. The number of thioether (sulfide) groups is 1. The highest BCUT2D eigenvalue weighted by Crippen LogP contribution is 2.15. The van der Waals surface area contributed by atoms with Crippen molar-refractivity contribution in [1.29, 1.82) is 0 Å². The zero-order valence-corrected chi connectivity index (χ0v) is 9.37. The van der Waals surface area contributed by atoms with E-state index in [1.807, 2.05) is 0 Å². The molecule has 0 amide bonds. The number of carboxylic acid groups (broad SMARTS) is 1. The number of nitrogens with two attached hydrogens (primary N) is 1. The molecule has 0 bridgehead atoms. The summed E-state index contributed by atoms with van der Waals surface area (Å²) >= 11 is 1.22. The molecule has 0 fully saturated rings. The Morgan fingerprint density at radius 1 is 1.75 bits per heavy atom. The fourth-order valence-corrected chi connectivity index (χ4v) is 1.75. The number of carbonyl (C=O) groups is 1. The predicted molar refractivity (Wildman–Crippen MR) is 61.4 cm³/mol. The summed E-state index contributed by atoms with van der Waals surface area (Å²) in [6, 6.07) is 1.18. The van der Waals surface area contributed by atoms with Gasteiger partial charge in [0.1, 0.15) is 5.82 Å². The van der Waals surface area contributed by atoms with Crippen LogP contribution in [0.25, 0.3) is 0 Å². The number of H-pyrrole nitrogens is 1. The third-order valence-corrected chi connectivity index (χ3v) is 2.61. The van der Waals surface area contributed by atoms with Crippen LogP contribution in [0.2, 0.25) is 0 Å². The molecule has 0 aliphatic heterocycles. The summed E-state index contributed by atoms with van der Waals surface area (Å²) in [7, 11) is 0. The monoisotopic (exact) mass is 241 g/mol. The van der Waals surface area contributed by atoms with Gasteiger partial charge in [0.2, 0.25) is 0 Å². The van der Waals surface area contributed by atoms with Crippen molar-refractivity contribution >= 4 is 23.5 Å². The number of aromatic nitrogens is 2. The van der Waals surface area contributed by atoms with Crippen molar-refractivity contribution in [1.82, 2.24) is 9.97 Å². The van der Waals surface area contributed by atoms with Crippen LogP contribution < -0.4 is 11.3 Å². The molecule has 0 spiro atoms. The molecule has 16 heavy (non-hydrogen) atoms. The van der Waals surface area contributed by atoms with Crippen LogP contribution in [0.1, 0.15) is 6.92 Å². The zero-order valence-electron chi connectivity index (χ0n) is 8.56. The summed E-state index contributed by atoms with van der Waals surface area (Å²) in [5, 5.41) is 8.87. The molecule has 1 aromatic rings. The second kappa shape index (κ2) is 5.36. The van der Waals surface area contributed by atoms with Gasteiger partial charge in [0.15, 0.2) is 5.16 Å². The molecule has 1 heterocycles. The van der Waals surface area contributed by atoms with Crippen LogP contribution in [0.3, 0.4) is 0 Å². The fraction of sp³-hybridized carbons (Fsp3) is 0.222. The number of anilines is 1. The van der Waals surface area contributed by atoms with Crippen LogP contribution in [-0.2, 0) is 4.79 Å². The molecule has 0 aromatic carbocycles. The van der Waals surface area contributed by atoms with E-state index in [9.17, 15) is 9.59 Å². The van der Waals surface area contributed by atoms with E-state index in [0.717, 1.165) is 6.08 Å². The van der Waals surface area contributed by atoms with Gasteiger partial charge in [-0.05, 0) is 6.92 Å². The maximum Gasteiger partial charge on any atom is 0.328 e. The maximum absolute atomic E-state index is 11.0. The van der Waals surface area contributed by atoms with Gasteiger partial charge in [0, 0.05) is 17.9 Å². The molecule has 0 atom stereocenters. The molecule has 6 nitrogen and oxygen atoms in total. The van der Waals surface area contributed by atoms with E-state index < -0.39 is 5.97 Å². The van der Waals surface area contributed by atoms with E-state index >= 15 is 0 Å². The van der Waals surface area contributed by atoms with Crippen molar-refractivity contribution in [2.45, 2.75) is 12.1 Å². The average Bonchev–Trinajstić information content (AvgIpc) is 2.12. The van der Waals surface area contributed by atoms with Crippen molar-refractivity contribution < 1.29 is 9.90 Å². The van der Waals surface area contributed by atoms with E-state index in [-0.39, 0.29) is 11.4 Å². The quantitative estimate of drug-likeness (QED) is 0.402. The standard InChI is InChI=1S/C9H11N3O3S/c1-5(2-8(14)15)4-16-9-11-6(10)3-7(13)12-9/h2-3H,4H2,1H3,(H,14,15)(H3,10,11,12,13). The second-order valence-corrected chi connectivity index (χ2v) is 4.06. The van der Waals surface area contributed by atoms with Gasteiger partial charge < -0.3 is 15.8 Å². The van der Waals surface area contributed by atoms with Crippen molar-refractivity contribution in [3.63, 3.8) is 0 Å². The van der Waals surface area contributed by atoms with Crippen molar-refractivity contribution in [3.8, 4) is 0 Å². The van der Waals surface area contributed by atoms with Crippen molar-refractivity contribution in [2.75, 3.05) is 11.5 Å². The molecular formula is C9H11N3O3S. The summed E-state index contributed by atoms with van der Waals surface area (Å²) in [6.45, 7) is 1.69. The summed E-state index contributed by atoms with van der Waals surface area (Å²) in [5.74, 6) is -0.420. The van der Waals surface area contributed by atoms with Gasteiger partial charge in [-0.2, -0.15) is 0 Å². The highest BCUT2D eigenvalue weighted by Gasteiger charge is 2.01. The number of hydrogen-bond acceptors (Lipinski definition) is 5. The number of rotatable bonds is 4. The van der Waals surface area contributed by atoms with Gasteiger partial charge in [-0.3, -0.25) is 4.79 Å². The minimum Gasteiger partial charge on any atom is -0.478 e. The molecule has 0 unspecified atom stereocenters. The lowest BCUT2D eigenvalue weighted by Crippen LogP contribution is -2.09. The number of nitrogen functional groups attached to an aromatic ring is 1. The molecule has 0 aliphatic carbocycles. The smallest absolute Gasteiger partial charge is 0.328 e. The van der Waals surface area contributed by atoms with Crippen LogP contribution in [0, 0.1) is 0 Å². The third-order valence-electron chi connectivity index (χ3n) is 1.55. The molecular weight excluding hydrogens is 230 g/mol. The number of nitrogens with one attached hydrogen (secondary N) is 1. The van der Waals surface area contributed by atoms with E-state index in [1.165, 1.54) is 17.8 Å². The first-order chi connectivity index (χ1) is 7.47. The van der Waals surface area contributed by atoms with E-state index in [0.29, 0.717) is 16.5 Å². The summed E-state index contributed by atoms with van der Waals surface area (Å²) in [6.07, 6.45) is 1.11. The predicted octanol–water partition coefficient (Wildman–Crippen LogP) is 0.475. The Morgan fingerprint density at radius 3 is 3.00 bits per heavy atom. The molecule has 0 radical (unpaired) electrons. The highest BCUT2D eigenvalue weighted by molar-refractivity contribution is 7.99. The summed E-state index contributed by atoms with van der Waals surface area (Å²) in [4.78, 5) is 27.8. The molecule has 0 saturated heterocycles. The fourth-order valence-electron chi connectivity index (χ4n) is 0.956. The van der Waals surface area contributed by atoms with Gasteiger partial charge in [-0.15, -0.1) is 0 Å². The SMILES string of the molecule is CC(=CC(=O)O)CSc1nc(N)cc(=O)[nH]1. The van der Waals surface area contributed by atoms with Gasteiger partial charge in [-0.1, -0.05) is 17.3 Å². The van der Waals surface area contributed by atoms with Crippen LogP contribution in [-0.4, -0.2) is 26.8 Å². The highest BCUT2D eigenvalue weighted by atomic mass is 32.2. The van der Waals surface area contributed by atoms with Crippen LogP contribution in [0.5, 0.6) is 0 Å². The Labute approximate surface area is 95.6 Å². The molecule has 1 rings (SSSR count). The lowest BCUT2D eigenvalue weighted by molar-refractivity contribution is -0.131. The minimum atomic E-state index is -0.993. The number of aliphatic carboxylic acids is 1. The lowest BCUT2D eigenvalue weighted by atomic mass is 10.3. The molecule has 0 aliphatic rings. The van der Waals surface area contributed by atoms with Gasteiger partial charge in [0.25, 0.3) is 5.56 Å². The minimum absolute atomic E-state index is 0.145. The largest absolute Gasteiger partial charge is 0.478 e. The molecule has 0 saturated carbocycles. The maximum atomic E-state index is 11.0. The number of nitrogens with zero attached hydrogens (tertiary/aromatic N) is 1. The zero-order chi connectivity index (χ0) is 12.1. The van der Waals surface area contributed by atoms with Gasteiger partial charge >= 0.3 is 5.97 Å². The van der Waals surface area contributed by atoms with Crippen LogP contribution in [0.15, 0.2) is 27.7 Å². The topological polar surface area (TPSA) is 109 Å². The molecule has 86 valence electrons. The van der Waals surface area contributed by atoms with Crippen LogP contribution in [0.4, 0.5) is 5.82 Å². The second-order valence-electron chi connectivity index (χ2n) is 3.09. The Balaban J connectivity index is 2.68. The van der Waals surface area contributed by atoms with Crippen molar-refractivity contribution in [2.24, 2.45) is 0 Å².